The Morgan fingerprint density at radius 3 is 2.40 bits per heavy atom. The average Bonchev–Trinajstić information content (AvgIpc) is 2.60. The van der Waals surface area contributed by atoms with E-state index in [4.69, 9.17) is 0 Å². The Morgan fingerprint density at radius 1 is 1.04 bits per heavy atom. The van der Waals surface area contributed by atoms with Crippen molar-refractivity contribution >= 4 is 23.2 Å². The summed E-state index contributed by atoms with van der Waals surface area (Å²) in [6.45, 7) is 6.14. The van der Waals surface area contributed by atoms with Gasteiger partial charge in [0.25, 0.3) is 5.91 Å². The van der Waals surface area contributed by atoms with Crippen LogP contribution in [0, 0.1) is 6.92 Å². The van der Waals surface area contributed by atoms with Crippen molar-refractivity contribution in [3.8, 4) is 0 Å². The first kappa shape index (κ1) is 18.5. The summed E-state index contributed by atoms with van der Waals surface area (Å²) < 4.78 is 0. The molecule has 0 fully saturated rings. The highest BCUT2D eigenvalue weighted by atomic mass is 16.2. The third kappa shape index (κ3) is 5.95. The molecule has 0 radical (unpaired) electrons. The summed E-state index contributed by atoms with van der Waals surface area (Å²) in [6, 6.07) is 14.9. The normalized spacial score (nSPS) is 11.5. The monoisotopic (exact) mass is 339 g/mol. The Morgan fingerprint density at radius 2 is 1.76 bits per heavy atom. The molecule has 2 rings (SSSR count). The van der Waals surface area contributed by atoms with Crippen LogP contribution in [0.25, 0.3) is 0 Å². The molecular weight excluding hydrogens is 314 g/mol. The van der Waals surface area contributed by atoms with Gasteiger partial charge in [0.05, 0.1) is 6.54 Å². The number of amides is 2. The second-order valence-electron chi connectivity index (χ2n) is 6.13. The topological polar surface area (TPSA) is 70.2 Å². The van der Waals surface area contributed by atoms with Crippen LogP contribution in [0.2, 0.25) is 0 Å². The molecule has 0 aliphatic heterocycles. The molecule has 25 heavy (non-hydrogen) atoms. The largest absolute Gasteiger partial charge is 0.376 e. The minimum absolute atomic E-state index is 0.0851. The number of rotatable bonds is 7. The first-order chi connectivity index (χ1) is 12.0. The van der Waals surface area contributed by atoms with Crippen LogP contribution in [0.3, 0.4) is 0 Å². The van der Waals surface area contributed by atoms with Gasteiger partial charge >= 0.3 is 0 Å². The summed E-state index contributed by atoms with van der Waals surface area (Å²) in [4.78, 5) is 24.0. The van der Waals surface area contributed by atoms with E-state index in [2.05, 4.69) is 16.0 Å². The van der Waals surface area contributed by atoms with Crippen LogP contribution in [0.5, 0.6) is 0 Å². The summed E-state index contributed by atoms with van der Waals surface area (Å²) in [7, 11) is 0. The maximum Gasteiger partial charge on any atom is 0.251 e. The third-order valence-corrected chi connectivity index (χ3v) is 3.89. The molecule has 2 amide bonds. The zero-order valence-corrected chi connectivity index (χ0v) is 14.9. The first-order valence-electron chi connectivity index (χ1n) is 8.49. The second-order valence-corrected chi connectivity index (χ2v) is 6.13. The number of aryl methyl sites for hydroxylation is 1. The zero-order valence-electron chi connectivity index (χ0n) is 14.9. The maximum absolute atomic E-state index is 12.0. The van der Waals surface area contributed by atoms with Gasteiger partial charge in [-0.3, -0.25) is 9.59 Å². The third-order valence-electron chi connectivity index (χ3n) is 3.89. The van der Waals surface area contributed by atoms with Gasteiger partial charge in [0.2, 0.25) is 5.91 Å². The van der Waals surface area contributed by atoms with Gasteiger partial charge in [-0.2, -0.15) is 0 Å². The molecule has 2 aromatic carbocycles. The van der Waals surface area contributed by atoms with E-state index >= 15 is 0 Å². The minimum Gasteiger partial charge on any atom is -0.376 e. The van der Waals surface area contributed by atoms with Gasteiger partial charge in [0, 0.05) is 23.0 Å². The molecule has 132 valence electrons. The van der Waals surface area contributed by atoms with Crippen LogP contribution in [0.4, 0.5) is 11.4 Å². The molecule has 1 unspecified atom stereocenters. The predicted octanol–water partition coefficient (Wildman–Crippen LogP) is 3.57. The zero-order chi connectivity index (χ0) is 18.2. The predicted molar refractivity (Wildman–Crippen MR) is 102 cm³/mol. The van der Waals surface area contributed by atoms with Crippen molar-refractivity contribution in [1.29, 1.82) is 0 Å². The molecule has 0 saturated heterocycles. The van der Waals surface area contributed by atoms with Crippen molar-refractivity contribution in [2.24, 2.45) is 0 Å². The number of carbonyl (C=O) groups excluding carboxylic acids is 2. The fourth-order valence-electron chi connectivity index (χ4n) is 2.26. The summed E-state index contributed by atoms with van der Waals surface area (Å²) in [6.07, 6.45) is 0.890. The van der Waals surface area contributed by atoms with Crippen LogP contribution in [-0.2, 0) is 4.79 Å². The smallest absolute Gasteiger partial charge is 0.251 e. The molecule has 5 nitrogen and oxygen atoms in total. The van der Waals surface area contributed by atoms with Crippen molar-refractivity contribution in [2.75, 3.05) is 17.2 Å². The number of anilines is 2. The van der Waals surface area contributed by atoms with Crippen molar-refractivity contribution in [3.05, 3.63) is 59.7 Å². The highest BCUT2D eigenvalue weighted by molar-refractivity contribution is 5.95. The Labute approximate surface area is 148 Å². The SMILES string of the molecule is CCC(C)NC(=O)c1ccc(NCC(=O)Nc2cccc(C)c2)cc1. The van der Waals surface area contributed by atoms with Crippen molar-refractivity contribution in [3.63, 3.8) is 0 Å². The Kier molecular flexibility index (Phi) is 6.57. The lowest BCUT2D eigenvalue weighted by atomic mass is 10.1. The summed E-state index contributed by atoms with van der Waals surface area (Å²) >= 11 is 0. The van der Waals surface area contributed by atoms with Gasteiger partial charge < -0.3 is 16.0 Å². The standard InChI is InChI=1S/C20H25N3O2/c1-4-15(3)22-20(25)16-8-10-17(11-9-16)21-13-19(24)23-18-7-5-6-14(2)12-18/h5-12,15,21H,4,13H2,1-3H3,(H,22,25)(H,23,24). The molecule has 3 N–H and O–H groups in total. The molecule has 2 aromatic rings. The Bertz CT molecular complexity index is 726. The number of nitrogens with one attached hydrogen (secondary N) is 3. The molecule has 0 aromatic heterocycles. The molecular formula is C20H25N3O2. The number of hydrogen-bond acceptors (Lipinski definition) is 3. The quantitative estimate of drug-likeness (QED) is 0.722. The van der Waals surface area contributed by atoms with Crippen LogP contribution in [0.15, 0.2) is 48.5 Å². The van der Waals surface area contributed by atoms with Crippen LogP contribution >= 0.6 is 0 Å². The molecule has 0 spiro atoms. The van der Waals surface area contributed by atoms with E-state index in [9.17, 15) is 9.59 Å². The first-order valence-corrected chi connectivity index (χ1v) is 8.49. The fourth-order valence-corrected chi connectivity index (χ4v) is 2.26. The summed E-state index contributed by atoms with van der Waals surface area (Å²) in [5.74, 6) is -0.206. The summed E-state index contributed by atoms with van der Waals surface area (Å²) in [5.41, 5.74) is 3.27. The van der Waals surface area contributed by atoms with Crippen molar-refractivity contribution in [2.45, 2.75) is 33.2 Å². The second kappa shape index (κ2) is 8.87. The van der Waals surface area contributed by atoms with Gasteiger partial charge in [-0.15, -0.1) is 0 Å². The number of carbonyl (C=O) groups is 2. The van der Waals surface area contributed by atoms with Crippen molar-refractivity contribution < 1.29 is 9.59 Å². The maximum atomic E-state index is 12.0. The van der Waals surface area contributed by atoms with Crippen LogP contribution in [0.1, 0.15) is 36.2 Å². The van der Waals surface area contributed by atoms with Crippen LogP contribution < -0.4 is 16.0 Å². The highest BCUT2D eigenvalue weighted by Gasteiger charge is 2.08. The van der Waals surface area contributed by atoms with Gasteiger partial charge in [-0.05, 0) is 62.2 Å². The van der Waals surface area contributed by atoms with Gasteiger partial charge in [0.1, 0.15) is 0 Å². The lowest BCUT2D eigenvalue weighted by Gasteiger charge is -2.12. The molecule has 1 atom stereocenters. The Hall–Kier alpha value is -2.82. The van der Waals surface area contributed by atoms with Gasteiger partial charge in [0.15, 0.2) is 0 Å². The minimum atomic E-state index is -0.121. The van der Waals surface area contributed by atoms with Gasteiger partial charge in [-0.1, -0.05) is 19.1 Å². The molecule has 0 heterocycles. The molecule has 5 heteroatoms. The highest BCUT2D eigenvalue weighted by Crippen LogP contribution is 2.11. The van der Waals surface area contributed by atoms with Crippen LogP contribution in [-0.4, -0.2) is 24.4 Å². The van der Waals surface area contributed by atoms with E-state index in [1.165, 1.54) is 0 Å². The van der Waals surface area contributed by atoms with E-state index in [1.54, 1.807) is 24.3 Å². The lowest BCUT2D eigenvalue weighted by molar-refractivity contribution is -0.114. The molecule has 0 aliphatic rings. The van der Waals surface area contributed by atoms with E-state index in [1.807, 2.05) is 45.0 Å². The van der Waals surface area contributed by atoms with E-state index in [0.717, 1.165) is 23.4 Å². The Balaban J connectivity index is 1.84. The molecule has 0 aliphatic carbocycles. The fraction of sp³-hybridized carbons (Fsp3) is 0.300. The average molecular weight is 339 g/mol. The van der Waals surface area contributed by atoms with E-state index in [0.29, 0.717) is 5.56 Å². The number of benzene rings is 2. The van der Waals surface area contributed by atoms with E-state index < -0.39 is 0 Å². The number of hydrogen-bond donors (Lipinski definition) is 3. The van der Waals surface area contributed by atoms with E-state index in [-0.39, 0.29) is 24.4 Å². The lowest BCUT2D eigenvalue weighted by Crippen LogP contribution is -2.31. The molecule has 0 bridgehead atoms. The molecule has 0 saturated carbocycles. The summed E-state index contributed by atoms with van der Waals surface area (Å²) in [5, 5.41) is 8.82. The van der Waals surface area contributed by atoms with Gasteiger partial charge in [-0.25, -0.2) is 0 Å². The van der Waals surface area contributed by atoms with Crippen molar-refractivity contribution in [1.82, 2.24) is 5.32 Å².